The molecule has 3 N–H and O–H groups in total. The minimum absolute atomic E-state index is 0.00520. The monoisotopic (exact) mass is 258 g/mol. The summed E-state index contributed by atoms with van der Waals surface area (Å²) >= 11 is 0. The largest absolute Gasteiger partial charge is 0.508 e. The summed E-state index contributed by atoms with van der Waals surface area (Å²) in [6.07, 6.45) is 0. The lowest BCUT2D eigenvalue weighted by Crippen LogP contribution is -2.11. The number of phenols is 3. The summed E-state index contributed by atoms with van der Waals surface area (Å²) < 4.78 is 0. The minimum atomic E-state index is -0.135. The lowest BCUT2D eigenvalue weighted by Gasteiger charge is -2.20. The topological polar surface area (TPSA) is 60.7 Å². The SMILES string of the molecule is CC(C)(C)c1ccc(-c2cc(O)cc(O)c2)cc1O. The molecule has 0 spiro atoms. The molecule has 0 saturated carbocycles. The molecule has 19 heavy (non-hydrogen) atoms. The highest BCUT2D eigenvalue weighted by Crippen LogP contribution is 2.35. The molecular weight excluding hydrogens is 240 g/mol. The van der Waals surface area contributed by atoms with Gasteiger partial charge in [-0.3, -0.25) is 0 Å². The molecule has 0 amide bonds. The van der Waals surface area contributed by atoms with Crippen LogP contribution in [0.3, 0.4) is 0 Å². The van der Waals surface area contributed by atoms with Crippen molar-refractivity contribution in [3.8, 4) is 28.4 Å². The van der Waals surface area contributed by atoms with E-state index >= 15 is 0 Å². The zero-order valence-electron chi connectivity index (χ0n) is 11.3. The van der Waals surface area contributed by atoms with E-state index in [0.29, 0.717) is 5.56 Å². The van der Waals surface area contributed by atoms with Gasteiger partial charge < -0.3 is 15.3 Å². The first-order valence-corrected chi connectivity index (χ1v) is 6.14. The molecule has 100 valence electrons. The van der Waals surface area contributed by atoms with E-state index in [1.807, 2.05) is 32.9 Å². The molecule has 0 heterocycles. The molecule has 0 unspecified atom stereocenters. The summed E-state index contributed by atoms with van der Waals surface area (Å²) in [5, 5.41) is 29.1. The Morgan fingerprint density at radius 1 is 0.737 bits per heavy atom. The maximum atomic E-state index is 10.1. The Morgan fingerprint density at radius 2 is 1.32 bits per heavy atom. The summed E-state index contributed by atoms with van der Waals surface area (Å²) in [4.78, 5) is 0. The Bertz CT molecular complexity index is 590. The van der Waals surface area contributed by atoms with E-state index in [1.54, 1.807) is 18.2 Å². The van der Waals surface area contributed by atoms with Gasteiger partial charge in [0.1, 0.15) is 17.2 Å². The number of rotatable bonds is 1. The lowest BCUT2D eigenvalue weighted by molar-refractivity contribution is 0.446. The van der Waals surface area contributed by atoms with Gasteiger partial charge in [-0.2, -0.15) is 0 Å². The van der Waals surface area contributed by atoms with Gasteiger partial charge in [-0.15, -0.1) is 0 Å². The quantitative estimate of drug-likeness (QED) is 0.729. The van der Waals surface area contributed by atoms with Gasteiger partial charge in [0.25, 0.3) is 0 Å². The summed E-state index contributed by atoms with van der Waals surface area (Å²) in [5.74, 6) is 0.205. The van der Waals surface area contributed by atoms with Crippen LogP contribution in [0, 0.1) is 0 Å². The first-order chi connectivity index (χ1) is 8.77. The van der Waals surface area contributed by atoms with Crippen LogP contribution in [0.1, 0.15) is 26.3 Å². The standard InChI is InChI=1S/C16H18O3/c1-16(2,3)14-5-4-10(8-15(14)19)11-6-12(17)9-13(18)7-11/h4-9,17-19H,1-3H3. The molecule has 0 saturated heterocycles. The van der Waals surface area contributed by atoms with E-state index in [4.69, 9.17) is 0 Å². The normalized spacial score (nSPS) is 11.5. The van der Waals surface area contributed by atoms with Crippen molar-refractivity contribution in [2.24, 2.45) is 0 Å². The van der Waals surface area contributed by atoms with Gasteiger partial charge >= 0.3 is 0 Å². The van der Waals surface area contributed by atoms with Crippen LogP contribution in [-0.2, 0) is 5.41 Å². The van der Waals surface area contributed by atoms with Crippen LogP contribution in [-0.4, -0.2) is 15.3 Å². The predicted molar refractivity (Wildman–Crippen MR) is 75.6 cm³/mol. The smallest absolute Gasteiger partial charge is 0.119 e. The van der Waals surface area contributed by atoms with Crippen molar-refractivity contribution in [3.05, 3.63) is 42.0 Å². The zero-order valence-corrected chi connectivity index (χ0v) is 11.3. The van der Waals surface area contributed by atoms with Gasteiger partial charge in [0.05, 0.1) is 0 Å². The molecule has 0 aliphatic rings. The van der Waals surface area contributed by atoms with Crippen LogP contribution in [0.25, 0.3) is 11.1 Å². The number of hydrogen-bond donors (Lipinski definition) is 3. The van der Waals surface area contributed by atoms with Crippen LogP contribution >= 0.6 is 0 Å². The second-order valence-corrected chi connectivity index (χ2v) is 5.72. The van der Waals surface area contributed by atoms with Gasteiger partial charge in [0.15, 0.2) is 0 Å². The van der Waals surface area contributed by atoms with Crippen molar-refractivity contribution in [2.75, 3.05) is 0 Å². The number of hydrogen-bond acceptors (Lipinski definition) is 3. The van der Waals surface area contributed by atoms with Crippen molar-refractivity contribution >= 4 is 0 Å². The molecule has 0 radical (unpaired) electrons. The Hall–Kier alpha value is -2.16. The molecule has 2 aromatic rings. The first kappa shape index (κ1) is 13.3. The fourth-order valence-corrected chi connectivity index (χ4v) is 2.11. The van der Waals surface area contributed by atoms with Crippen LogP contribution in [0.2, 0.25) is 0 Å². The van der Waals surface area contributed by atoms with E-state index in [-0.39, 0.29) is 22.7 Å². The van der Waals surface area contributed by atoms with Gasteiger partial charge in [-0.1, -0.05) is 32.9 Å². The van der Waals surface area contributed by atoms with Gasteiger partial charge in [0, 0.05) is 6.07 Å². The minimum Gasteiger partial charge on any atom is -0.508 e. The van der Waals surface area contributed by atoms with Gasteiger partial charge in [0.2, 0.25) is 0 Å². The Kier molecular flexibility index (Phi) is 3.14. The van der Waals surface area contributed by atoms with E-state index in [9.17, 15) is 15.3 Å². The predicted octanol–water partition coefficient (Wildman–Crippen LogP) is 3.77. The van der Waals surface area contributed by atoms with Crippen LogP contribution < -0.4 is 0 Å². The van der Waals surface area contributed by atoms with E-state index < -0.39 is 0 Å². The molecular formula is C16H18O3. The van der Waals surface area contributed by atoms with E-state index in [1.165, 1.54) is 6.07 Å². The molecule has 3 heteroatoms. The molecule has 3 nitrogen and oxygen atoms in total. The van der Waals surface area contributed by atoms with Gasteiger partial charge in [-0.25, -0.2) is 0 Å². The van der Waals surface area contributed by atoms with Crippen molar-refractivity contribution in [3.63, 3.8) is 0 Å². The first-order valence-electron chi connectivity index (χ1n) is 6.14. The number of aromatic hydroxyl groups is 3. The molecule has 0 aliphatic carbocycles. The zero-order chi connectivity index (χ0) is 14.2. The fourth-order valence-electron chi connectivity index (χ4n) is 2.11. The van der Waals surface area contributed by atoms with Crippen LogP contribution in [0.15, 0.2) is 36.4 Å². The molecule has 0 bridgehead atoms. The van der Waals surface area contributed by atoms with E-state index in [0.717, 1.165) is 11.1 Å². The van der Waals surface area contributed by atoms with Crippen LogP contribution in [0.5, 0.6) is 17.2 Å². The average molecular weight is 258 g/mol. The fraction of sp³-hybridized carbons (Fsp3) is 0.250. The molecule has 0 aromatic heterocycles. The van der Waals surface area contributed by atoms with Crippen molar-refractivity contribution < 1.29 is 15.3 Å². The van der Waals surface area contributed by atoms with Crippen molar-refractivity contribution in [1.29, 1.82) is 0 Å². The molecule has 2 rings (SSSR count). The second-order valence-electron chi connectivity index (χ2n) is 5.72. The van der Waals surface area contributed by atoms with Crippen LogP contribution in [0.4, 0.5) is 0 Å². The summed E-state index contributed by atoms with van der Waals surface area (Å²) in [6, 6.07) is 9.75. The highest BCUT2D eigenvalue weighted by Gasteiger charge is 2.18. The third-order valence-corrected chi connectivity index (χ3v) is 3.04. The third kappa shape index (κ3) is 2.81. The molecule has 2 aromatic carbocycles. The lowest BCUT2D eigenvalue weighted by atomic mass is 9.85. The van der Waals surface area contributed by atoms with Crippen molar-refractivity contribution in [2.45, 2.75) is 26.2 Å². The Morgan fingerprint density at radius 3 is 1.79 bits per heavy atom. The highest BCUT2D eigenvalue weighted by molar-refractivity contribution is 5.69. The van der Waals surface area contributed by atoms with Gasteiger partial charge in [-0.05, 0) is 40.3 Å². The number of benzene rings is 2. The van der Waals surface area contributed by atoms with Crippen molar-refractivity contribution in [1.82, 2.24) is 0 Å². The highest BCUT2D eigenvalue weighted by atomic mass is 16.3. The Labute approximate surface area is 112 Å². The maximum Gasteiger partial charge on any atom is 0.119 e. The summed E-state index contributed by atoms with van der Waals surface area (Å²) in [7, 11) is 0. The third-order valence-electron chi connectivity index (χ3n) is 3.04. The average Bonchev–Trinajstić information content (AvgIpc) is 2.25. The Balaban J connectivity index is 2.50. The summed E-state index contributed by atoms with van der Waals surface area (Å²) in [6.45, 7) is 6.09. The maximum absolute atomic E-state index is 10.1. The van der Waals surface area contributed by atoms with E-state index in [2.05, 4.69) is 0 Å². The summed E-state index contributed by atoms with van der Waals surface area (Å²) in [5.41, 5.74) is 2.13. The second kappa shape index (κ2) is 4.50. The molecule has 0 atom stereocenters. The molecule has 0 fully saturated rings. The molecule has 0 aliphatic heterocycles. The number of phenolic OH excluding ortho intramolecular Hbond substituents is 3.